The van der Waals surface area contributed by atoms with Gasteiger partial charge in [-0.1, -0.05) is 30.3 Å². The number of ether oxygens (including phenoxy) is 1. The lowest BCUT2D eigenvalue weighted by atomic mass is 9.94. The van der Waals surface area contributed by atoms with E-state index in [0.717, 1.165) is 35.2 Å². The fourth-order valence-corrected chi connectivity index (χ4v) is 3.89. The summed E-state index contributed by atoms with van der Waals surface area (Å²) in [4.78, 5) is 27.0. The minimum absolute atomic E-state index is 0.0672. The largest absolute Gasteiger partial charge is 0.507 e. The van der Waals surface area contributed by atoms with E-state index in [4.69, 9.17) is 4.74 Å². The van der Waals surface area contributed by atoms with Gasteiger partial charge in [0.15, 0.2) is 0 Å². The van der Waals surface area contributed by atoms with Crippen molar-refractivity contribution >= 4 is 23.1 Å². The molecule has 1 atom stereocenters. The summed E-state index contributed by atoms with van der Waals surface area (Å²) >= 11 is 0. The highest BCUT2D eigenvalue weighted by Crippen LogP contribution is 2.44. The topological polar surface area (TPSA) is 66.8 Å². The molecule has 3 aromatic rings. The number of benzene rings is 3. The van der Waals surface area contributed by atoms with E-state index >= 15 is 0 Å². The summed E-state index contributed by atoms with van der Waals surface area (Å²) in [6, 6.07) is 13.6. The van der Waals surface area contributed by atoms with Crippen molar-refractivity contribution in [3.8, 4) is 5.75 Å². The zero-order valence-corrected chi connectivity index (χ0v) is 17.6. The number of hydrogen-bond acceptors (Lipinski definition) is 4. The predicted molar refractivity (Wildman–Crippen MR) is 116 cm³/mol. The molecule has 174 valence electrons. The molecule has 1 aliphatic rings. The van der Waals surface area contributed by atoms with Gasteiger partial charge in [0, 0.05) is 11.3 Å². The Morgan fingerprint density at radius 2 is 1.56 bits per heavy atom. The first-order valence-corrected chi connectivity index (χ1v) is 10.0. The van der Waals surface area contributed by atoms with E-state index < -0.39 is 46.6 Å². The summed E-state index contributed by atoms with van der Waals surface area (Å²) in [6.07, 6.45) is -4.61. The summed E-state index contributed by atoms with van der Waals surface area (Å²) < 4.78 is 59.1. The molecule has 1 aliphatic heterocycles. The Kier molecular flexibility index (Phi) is 5.87. The van der Waals surface area contributed by atoms with Crippen molar-refractivity contribution < 1.29 is 37.0 Å². The molecule has 3 aromatic carbocycles. The van der Waals surface area contributed by atoms with Crippen LogP contribution in [0.15, 0.2) is 78.4 Å². The van der Waals surface area contributed by atoms with Gasteiger partial charge in [-0.25, -0.2) is 4.39 Å². The van der Waals surface area contributed by atoms with Crippen LogP contribution in [0.1, 0.15) is 22.7 Å². The molecular weight excluding hydrogens is 454 g/mol. The molecule has 1 saturated heterocycles. The van der Waals surface area contributed by atoms with Crippen LogP contribution in [0.25, 0.3) is 5.76 Å². The monoisotopic (exact) mass is 471 g/mol. The van der Waals surface area contributed by atoms with Crippen LogP contribution < -0.4 is 9.64 Å². The Balaban J connectivity index is 1.95. The molecule has 1 unspecified atom stereocenters. The highest BCUT2D eigenvalue weighted by molar-refractivity contribution is 6.51. The molecule has 34 heavy (non-hydrogen) atoms. The lowest BCUT2D eigenvalue weighted by molar-refractivity contribution is -0.137. The van der Waals surface area contributed by atoms with Gasteiger partial charge in [-0.3, -0.25) is 14.5 Å². The van der Waals surface area contributed by atoms with Crippen molar-refractivity contribution in [3.63, 3.8) is 0 Å². The number of ketones is 1. The maximum absolute atomic E-state index is 14.9. The first-order valence-electron chi connectivity index (χ1n) is 10.0. The van der Waals surface area contributed by atoms with Crippen LogP contribution in [0, 0.1) is 5.82 Å². The zero-order valence-electron chi connectivity index (χ0n) is 17.6. The van der Waals surface area contributed by atoms with E-state index in [1.54, 1.807) is 12.1 Å². The van der Waals surface area contributed by atoms with Gasteiger partial charge < -0.3 is 9.84 Å². The van der Waals surface area contributed by atoms with Gasteiger partial charge in [0.1, 0.15) is 17.3 Å². The normalized spacial score (nSPS) is 17.8. The Hall–Kier alpha value is -4.14. The molecule has 0 aromatic heterocycles. The van der Waals surface area contributed by atoms with E-state index in [0.29, 0.717) is 0 Å². The van der Waals surface area contributed by atoms with E-state index in [2.05, 4.69) is 0 Å². The Labute approximate surface area is 191 Å². The molecule has 0 saturated carbocycles. The Morgan fingerprint density at radius 3 is 2.18 bits per heavy atom. The van der Waals surface area contributed by atoms with Crippen LogP contribution in [-0.2, 0) is 15.8 Å². The van der Waals surface area contributed by atoms with Gasteiger partial charge in [0.2, 0.25) is 0 Å². The number of halogens is 4. The second-order valence-corrected chi connectivity index (χ2v) is 7.44. The van der Waals surface area contributed by atoms with Crippen molar-refractivity contribution in [2.75, 3.05) is 12.0 Å². The first-order chi connectivity index (χ1) is 16.1. The fraction of sp³-hybridized carbons (Fsp3) is 0.120. The molecule has 0 bridgehead atoms. The van der Waals surface area contributed by atoms with Gasteiger partial charge >= 0.3 is 6.18 Å². The minimum atomic E-state index is -4.61. The third kappa shape index (κ3) is 3.89. The smallest absolute Gasteiger partial charge is 0.416 e. The average Bonchev–Trinajstić information content (AvgIpc) is 3.08. The molecule has 1 fully saturated rings. The number of aliphatic hydroxyl groups excluding tert-OH is 1. The standard InChI is InChI=1S/C25H17F4NO4/c1-34-19-9-5-3-7-17(19)22(31)20-21(16-6-2-4-8-18(16)26)30(24(33)23(20)32)15-12-10-14(11-13-15)25(27,28)29/h2-13,21,31H,1H3/b22-20+. The van der Waals surface area contributed by atoms with Gasteiger partial charge in [-0.15, -0.1) is 0 Å². The predicted octanol–water partition coefficient (Wildman–Crippen LogP) is 5.48. The molecule has 5 nitrogen and oxygen atoms in total. The molecule has 0 radical (unpaired) electrons. The number of para-hydroxylation sites is 1. The number of amides is 1. The molecule has 1 N–H and O–H groups in total. The van der Waals surface area contributed by atoms with E-state index in [1.165, 1.54) is 37.4 Å². The van der Waals surface area contributed by atoms with Crippen LogP contribution in [0.4, 0.5) is 23.2 Å². The van der Waals surface area contributed by atoms with Crippen molar-refractivity contribution in [1.82, 2.24) is 0 Å². The van der Waals surface area contributed by atoms with E-state index in [1.807, 2.05) is 0 Å². The molecule has 1 heterocycles. The van der Waals surface area contributed by atoms with Gasteiger partial charge in [0.25, 0.3) is 11.7 Å². The molecule has 1 amide bonds. The van der Waals surface area contributed by atoms with Crippen molar-refractivity contribution in [2.45, 2.75) is 12.2 Å². The van der Waals surface area contributed by atoms with E-state index in [-0.39, 0.29) is 22.6 Å². The number of alkyl halides is 3. The highest BCUT2D eigenvalue weighted by Gasteiger charge is 2.48. The van der Waals surface area contributed by atoms with Gasteiger partial charge in [-0.05, 0) is 42.5 Å². The number of carbonyl (C=O) groups is 2. The van der Waals surface area contributed by atoms with Crippen LogP contribution in [0.3, 0.4) is 0 Å². The van der Waals surface area contributed by atoms with Crippen molar-refractivity contribution in [1.29, 1.82) is 0 Å². The molecule has 4 rings (SSSR count). The first kappa shape index (κ1) is 23.0. The number of hydrogen-bond donors (Lipinski definition) is 1. The number of rotatable bonds is 4. The minimum Gasteiger partial charge on any atom is -0.507 e. The lowest BCUT2D eigenvalue weighted by Gasteiger charge is -2.26. The van der Waals surface area contributed by atoms with Crippen LogP contribution >= 0.6 is 0 Å². The molecule has 9 heteroatoms. The maximum Gasteiger partial charge on any atom is 0.416 e. The molecule has 0 spiro atoms. The molecule has 0 aliphatic carbocycles. The summed E-state index contributed by atoms with van der Waals surface area (Å²) in [5.74, 6) is -3.40. The lowest BCUT2D eigenvalue weighted by Crippen LogP contribution is -2.30. The van der Waals surface area contributed by atoms with Gasteiger partial charge in [-0.2, -0.15) is 13.2 Å². The van der Waals surface area contributed by atoms with Crippen LogP contribution in [0.5, 0.6) is 5.75 Å². The van der Waals surface area contributed by atoms with E-state index in [9.17, 15) is 32.3 Å². The summed E-state index contributed by atoms with van der Waals surface area (Å²) in [5, 5.41) is 11.1. The summed E-state index contributed by atoms with van der Waals surface area (Å²) in [7, 11) is 1.35. The number of carbonyl (C=O) groups excluding carboxylic acids is 2. The van der Waals surface area contributed by atoms with Crippen LogP contribution in [0.2, 0.25) is 0 Å². The third-order valence-electron chi connectivity index (χ3n) is 5.48. The number of nitrogens with zero attached hydrogens (tertiary/aromatic N) is 1. The maximum atomic E-state index is 14.9. The third-order valence-corrected chi connectivity index (χ3v) is 5.48. The number of Topliss-reactive ketones (excluding diaryl/α,β-unsaturated/α-hetero) is 1. The molecular formula is C25H17F4NO4. The Bertz CT molecular complexity index is 1300. The average molecular weight is 471 g/mol. The Morgan fingerprint density at radius 1 is 0.941 bits per heavy atom. The van der Waals surface area contributed by atoms with Crippen LogP contribution in [-0.4, -0.2) is 23.9 Å². The SMILES string of the molecule is COc1ccccc1/C(O)=C1\C(=O)C(=O)N(c2ccc(C(F)(F)F)cc2)C1c1ccccc1F. The number of anilines is 1. The highest BCUT2D eigenvalue weighted by atomic mass is 19.4. The number of aliphatic hydroxyl groups is 1. The zero-order chi connectivity index (χ0) is 24.6. The summed E-state index contributed by atoms with van der Waals surface area (Å²) in [6.45, 7) is 0. The van der Waals surface area contributed by atoms with Crippen molar-refractivity contribution in [2.24, 2.45) is 0 Å². The van der Waals surface area contributed by atoms with Crippen molar-refractivity contribution in [3.05, 3.63) is 101 Å². The number of methoxy groups -OCH3 is 1. The summed E-state index contributed by atoms with van der Waals surface area (Å²) in [5.41, 5.74) is -1.46. The van der Waals surface area contributed by atoms with Gasteiger partial charge in [0.05, 0.1) is 29.9 Å². The second kappa shape index (κ2) is 8.66. The second-order valence-electron chi connectivity index (χ2n) is 7.44. The quantitative estimate of drug-likeness (QED) is 0.237. The fourth-order valence-electron chi connectivity index (χ4n) is 3.89.